The van der Waals surface area contributed by atoms with Gasteiger partial charge in [0.05, 0.1) is 12.2 Å². The fourth-order valence-corrected chi connectivity index (χ4v) is 4.11. The Balaban J connectivity index is 1.54. The van der Waals surface area contributed by atoms with Gasteiger partial charge in [-0.2, -0.15) is 4.98 Å². The Morgan fingerprint density at radius 3 is 2.84 bits per heavy atom. The van der Waals surface area contributed by atoms with Crippen LogP contribution in [-0.2, 0) is 11.2 Å². The minimum atomic E-state index is 0.0161. The second kappa shape index (κ2) is 8.77. The van der Waals surface area contributed by atoms with Gasteiger partial charge in [-0.25, -0.2) is 0 Å². The molecule has 31 heavy (non-hydrogen) atoms. The molecule has 1 aliphatic rings. The van der Waals surface area contributed by atoms with Crippen molar-refractivity contribution in [1.29, 1.82) is 0 Å². The number of aromatic hydroxyl groups is 1. The molecule has 1 aromatic heterocycles. The van der Waals surface area contributed by atoms with Gasteiger partial charge in [0.1, 0.15) is 5.75 Å². The van der Waals surface area contributed by atoms with Gasteiger partial charge in [0, 0.05) is 30.3 Å². The highest BCUT2D eigenvalue weighted by atomic mass is 16.5. The molecule has 8 heteroatoms. The number of anilines is 1. The van der Waals surface area contributed by atoms with Crippen LogP contribution in [-0.4, -0.2) is 45.7 Å². The van der Waals surface area contributed by atoms with Crippen molar-refractivity contribution in [3.63, 3.8) is 0 Å². The number of nitrogen functional groups attached to an aromatic ring is 1. The number of carbonyl (C=O) groups is 1. The van der Waals surface area contributed by atoms with Crippen molar-refractivity contribution in [3.8, 4) is 28.6 Å². The number of amides is 1. The van der Waals surface area contributed by atoms with Crippen LogP contribution in [0.25, 0.3) is 22.8 Å². The fourth-order valence-electron chi connectivity index (χ4n) is 4.11. The summed E-state index contributed by atoms with van der Waals surface area (Å²) in [5.41, 5.74) is 9.96. The molecule has 0 fully saturated rings. The minimum absolute atomic E-state index is 0.0161. The number of nitrogens with zero attached hydrogens (tertiary/aromatic N) is 3. The number of nitrogens with two attached hydrogens (primary N) is 1. The van der Waals surface area contributed by atoms with Gasteiger partial charge in [0.25, 0.3) is 5.89 Å². The van der Waals surface area contributed by atoms with Gasteiger partial charge < -0.3 is 25.6 Å². The highest BCUT2D eigenvalue weighted by Gasteiger charge is 2.27. The van der Waals surface area contributed by atoms with Crippen LogP contribution in [0.5, 0.6) is 5.75 Å². The average molecular weight is 422 g/mol. The molecular weight excluding hydrogens is 394 g/mol. The number of rotatable bonds is 7. The Morgan fingerprint density at radius 2 is 2.10 bits per heavy atom. The summed E-state index contributed by atoms with van der Waals surface area (Å²) in [6.45, 7) is 5.74. The Labute approximate surface area is 181 Å². The topological polar surface area (TPSA) is 118 Å². The lowest BCUT2D eigenvalue weighted by atomic mass is 10.0. The van der Waals surface area contributed by atoms with Crippen LogP contribution in [0.15, 0.2) is 40.9 Å². The van der Waals surface area contributed by atoms with E-state index in [1.54, 1.807) is 12.1 Å². The molecule has 1 heterocycles. The van der Waals surface area contributed by atoms with Crippen molar-refractivity contribution in [1.82, 2.24) is 20.4 Å². The smallest absolute Gasteiger partial charge is 0.258 e. The summed E-state index contributed by atoms with van der Waals surface area (Å²) in [4.78, 5) is 18.7. The predicted molar refractivity (Wildman–Crippen MR) is 118 cm³/mol. The Morgan fingerprint density at radius 1 is 1.29 bits per heavy atom. The van der Waals surface area contributed by atoms with E-state index in [0.29, 0.717) is 23.8 Å². The van der Waals surface area contributed by atoms with E-state index in [0.717, 1.165) is 31.5 Å². The molecule has 1 aliphatic carbocycles. The zero-order chi connectivity index (χ0) is 22.0. The summed E-state index contributed by atoms with van der Waals surface area (Å²) in [5.74, 6) is 0.989. The maximum atomic E-state index is 12.4. The molecule has 1 amide bonds. The number of phenolic OH excluding ortho intramolecular Hbond substituents is 1. The lowest BCUT2D eigenvalue weighted by Gasteiger charge is -2.21. The van der Waals surface area contributed by atoms with Crippen LogP contribution in [0, 0.1) is 0 Å². The lowest BCUT2D eigenvalue weighted by molar-refractivity contribution is -0.130. The zero-order valence-electron chi connectivity index (χ0n) is 17.8. The van der Waals surface area contributed by atoms with Crippen molar-refractivity contribution >= 4 is 11.6 Å². The third kappa shape index (κ3) is 4.11. The molecule has 0 aliphatic heterocycles. The van der Waals surface area contributed by atoms with Crippen molar-refractivity contribution in [2.24, 2.45) is 0 Å². The number of fused-ring (bicyclic) bond motifs is 1. The summed E-state index contributed by atoms with van der Waals surface area (Å²) < 4.78 is 5.45. The number of hydrogen-bond acceptors (Lipinski definition) is 7. The first kappa shape index (κ1) is 20.9. The maximum absolute atomic E-state index is 12.4. The van der Waals surface area contributed by atoms with Gasteiger partial charge in [-0.05, 0) is 56.0 Å². The van der Waals surface area contributed by atoms with Crippen molar-refractivity contribution in [3.05, 3.63) is 47.5 Å². The number of nitrogens with one attached hydrogen (secondary N) is 1. The SMILES string of the molecule is CCN(CC)C(=O)CN[C@H]1CCc2c(-c3noc(-c4ccc(O)c(N)c4)n3)cccc21. The van der Waals surface area contributed by atoms with E-state index < -0.39 is 0 Å². The van der Waals surface area contributed by atoms with E-state index in [2.05, 4.69) is 21.5 Å². The normalized spacial score (nSPS) is 15.1. The highest BCUT2D eigenvalue weighted by Crippen LogP contribution is 2.37. The van der Waals surface area contributed by atoms with Gasteiger partial charge in [-0.1, -0.05) is 23.4 Å². The third-order valence-corrected chi connectivity index (χ3v) is 5.83. The molecule has 4 rings (SSSR count). The van der Waals surface area contributed by atoms with Gasteiger partial charge in [0.15, 0.2) is 0 Å². The van der Waals surface area contributed by atoms with Crippen LogP contribution in [0.1, 0.15) is 37.4 Å². The van der Waals surface area contributed by atoms with Crippen LogP contribution in [0.4, 0.5) is 5.69 Å². The summed E-state index contributed by atoms with van der Waals surface area (Å²) >= 11 is 0. The zero-order valence-corrected chi connectivity index (χ0v) is 17.8. The molecule has 0 saturated heterocycles. The largest absolute Gasteiger partial charge is 0.506 e. The second-order valence-corrected chi connectivity index (χ2v) is 7.61. The van der Waals surface area contributed by atoms with Crippen molar-refractivity contribution in [2.75, 3.05) is 25.4 Å². The van der Waals surface area contributed by atoms with E-state index in [1.165, 1.54) is 17.2 Å². The fraction of sp³-hybridized carbons (Fsp3) is 0.348. The number of benzene rings is 2. The van der Waals surface area contributed by atoms with E-state index in [9.17, 15) is 9.90 Å². The molecule has 2 aromatic carbocycles. The number of likely N-dealkylation sites (N-methyl/N-ethyl adjacent to an activating group) is 1. The number of carbonyl (C=O) groups excluding carboxylic acids is 1. The number of phenols is 1. The summed E-state index contributed by atoms with van der Waals surface area (Å²) in [5, 5.41) is 17.2. The quantitative estimate of drug-likeness (QED) is 0.396. The second-order valence-electron chi connectivity index (χ2n) is 7.61. The molecule has 3 aromatic rings. The molecular formula is C23H27N5O3. The van der Waals surface area contributed by atoms with Gasteiger partial charge >= 0.3 is 0 Å². The molecule has 162 valence electrons. The number of aromatic nitrogens is 2. The molecule has 0 bridgehead atoms. The summed E-state index contributed by atoms with van der Waals surface area (Å²) in [6.07, 6.45) is 1.79. The standard InChI is InChI=1S/C23H27N5O3/c1-3-28(4-2)21(30)13-25-19-10-9-15-16(19)6-5-7-17(15)22-26-23(31-27-22)14-8-11-20(29)18(24)12-14/h5-8,11-12,19,25,29H,3-4,9-10,13,24H2,1-2H3/t19-/m0/s1. The molecule has 0 spiro atoms. The minimum Gasteiger partial charge on any atom is -0.506 e. The first-order valence-electron chi connectivity index (χ1n) is 10.6. The van der Waals surface area contributed by atoms with E-state index in [1.807, 2.05) is 30.9 Å². The van der Waals surface area contributed by atoms with E-state index in [-0.39, 0.29) is 23.4 Å². The molecule has 8 nitrogen and oxygen atoms in total. The van der Waals surface area contributed by atoms with Crippen molar-refractivity contribution < 1.29 is 14.4 Å². The van der Waals surface area contributed by atoms with Gasteiger partial charge in [0.2, 0.25) is 11.7 Å². The first-order valence-corrected chi connectivity index (χ1v) is 10.6. The average Bonchev–Trinajstić information content (AvgIpc) is 3.42. The van der Waals surface area contributed by atoms with Crippen molar-refractivity contribution in [2.45, 2.75) is 32.7 Å². The van der Waals surface area contributed by atoms with Crippen LogP contribution >= 0.6 is 0 Å². The number of hydrogen-bond donors (Lipinski definition) is 3. The monoisotopic (exact) mass is 421 g/mol. The van der Waals surface area contributed by atoms with E-state index >= 15 is 0 Å². The molecule has 0 radical (unpaired) electrons. The van der Waals surface area contributed by atoms with Crippen LogP contribution in [0.3, 0.4) is 0 Å². The molecule has 0 unspecified atom stereocenters. The Bertz CT molecular complexity index is 1090. The lowest BCUT2D eigenvalue weighted by Crippen LogP contribution is -2.38. The van der Waals surface area contributed by atoms with Gasteiger partial charge in [-0.15, -0.1) is 0 Å². The molecule has 4 N–H and O–H groups in total. The van der Waals surface area contributed by atoms with Gasteiger partial charge in [-0.3, -0.25) is 4.79 Å². The molecule has 0 saturated carbocycles. The van der Waals surface area contributed by atoms with Crippen LogP contribution < -0.4 is 11.1 Å². The maximum Gasteiger partial charge on any atom is 0.258 e. The third-order valence-electron chi connectivity index (χ3n) is 5.83. The van der Waals surface area contributed by atoms with E-state index in [4.69, 9.17) is 10.3 Å². The summed E-state index contributed by atoms with van der Waals surface area (Å²) in [7, 11) is 0. The predicted octanol–water partition coefficient (Wildman–Crippen LogP) is 3.14. The molecule has 1 atom stereocenters. The Hall–Kier alpha value is -3.39. The van der Waals surface area contributed by atoms with Crippen LogP contribution in [0.2, 0.25) is 0 Å². The first-order chi connectivity index (χ1) is 15.0. The highest BCUT2D eigenvalue weighted by molar-refractivity contribution is 5.78. The summed E-state index contributed by atoms with van der Waals surface area (Å²) in [6, 6.07) is 11.0. The Kier molecular flexibility index (Phi) is 5.90.